The number of rotatable bonds is 4. The topological polar surface area (TPSA) is 83.6 Å². The zero-order valence-electron chi connectivity index (χ0n) is 9.46. The second-order valence-electron chi connectivity index (χ2n) is 3.59. The lowest BCUT2D eigenvalue weighted by Crippen LogP contribution is -2.30. The van der Waals surface area contributed by atoms with Gasteiger partial charge in [0, 0.05) is 18.8 Å². The molecule has 0 fully saturated rings. The van der Waals surface area contributed by atoms with Crippen LogP contribution < -0.4 is 5.73 Å². The van der Waals surface area contributed by atoms with Crippen LogP contribution in [0.25, 0.3) is 6.08 Å². The molecule has 0 bridgehead atoms. The van der Waals surface area contributed by atoms with Crippen molar-refractivity contribution in [3.63, 3.8) is 0 Å². The monoisotopic (exact) mass is 234 g/mol. The van der Waals surface area contributed by atoms with Gasteiger partial charge in [0.15, 0.2) is 0 Å². The molecule has 1 rings (SSSR count). The van der Waals surface area contributed by atoms with E-state index in [-0.39, 0.29) is 12.5 Å². The van der Waals surface area contributed by atoms with E-state index in [1.54, 1.807) is 30.3 Å². The van der Waals surface area contributed by atoms with Gasteiger partial charge in [0.05, 0.1) is 0 Å². The van der Waals surface area contributed by atoms with E-state index >= 15 is 0 Å². The highest BCUT2D eigenvalue weighted by Gasteiger charge is 2.08. The molecular weight excluding hydrogens is 220 g/mol. The van der Waals surface area contributed by atoms with Crippen LogP contribution in [0.2, 0.25) is 0 Å². The third kappa shape index (κ3) is 4.38. The number of carboxylic acids is 1. The third-order valence-corrected chi connectivity index (χ3v) is 2.08. The molecule has 1 aromatic rings. The number of hydrogen-bond donors (Lipinski definition) is 2. The average Bonchev–Trinajstić information content (AvgIpc) is 2.25. The number of carbonyl (C=O) groups is 2. The minimum Gasteiger partial charge on any atom is -0.480 e. The van der Waals surface area contributed by atoms with Gasteiger partial charge in [0.1, 0.15) is 6.54 Å². The number of benzene rings is 1. The number of anilines is 1. The maximum Gasteiger partial charge on any atom is 0.323 e. The molecule has 5 heteroatoms. The van der Waals surface area contributed by atoms with Crippen molar-refractivity contribution in [2.75, 3.05) is 19.3 Å². The highest BCUT2D eigenvalue weighted by Crippen LogP contribution is 2.08. The summed E-state index contributed by atoms with van der Waals surface area (Å²) in [5, 5.41) is 8.52. The van der Waals surface area contributed by atoms with Crippen LogP contribution in [0.3, 0.4) is 0 Å². The normalized spacial score (nSPS) is 10.4. The summed E-state index contributed by atoms with van der Waals surface area (Å²) >= 11 is 0. The molecule has 0 aromatic heterocycles. The molecule has 0 spiro atoms. The highest BCUT2D eigenvalue weighted by atomic mass is 16.4. The Balaban J connectivity index is 2.65. The summed E-state index contributed by atoms with van der Waals surface area (Å²) in [6.45, 7) is -0.319. The zero-order chi connectivity index (χ0) is 12.8. The number of amides is 1. The van der Waals surface area contributed by atoms with E-state index in [4.69, 9.17) is 10.8 Å². The van der Waals surface area contributed by atoms with Crippen LogP contribution in [0.1, 0.15) is 5.56 Å². The highest BCUT2D eigenvalue weighted by molar-refractivity contribution is 5.93. The molecule has 90 valence electrons. The van der Waals surface area contributed by atoms with E-state index in [9.17, 15) is 9.59 Å². The van der Waals surface area contributed by atoms with Crippen LogP contribution in [-0.4, -0.2) is 35.5 Å². The number of nitrogens with zero attached hydrogens (tertiary/aromatic N) is 1. The molecule has 17 heavy (non-hydrogen) atoms. The minimum absolute atomic E-state index is 0.319. The van der Waals surface area contributed by atoms with E-state index < -0.39 is 5.97 Å². The van der Waals surface area contributed by atoms with Crippen molar-refractivity contribution < 1.29 is 14.7 Å². The van der Waals surface area contributed by atoms with Crippen molar-refractivity contribution in [2.45, 2.75) is 0 Å². The second kappa shape index (κ2) is 5.69. The molecule has 1 amide bonds. The Bertz CT molecular complexity index is 455. The summed E-state index contributed by atoms with van der Waals surface area (Å²) in [7, 11) is 1.43. The van der Waals surface area contributed by atoms with Crippen molar-refractivity contribution in [3.8, 4) is 0 Å². The number of nitrogen functional groups attached to an aromatic ring is 1. The van der Waals surface area contributed by atoms with Gasteiger partial charge < -0.3 is 15.7 Å². The Morgan fingerprint density at radius 3 is 2.76 bits per heavy atom. The smallest absolute Gasteiger partial charge is 0.323 e. The van der Waals surface area contributed by atoms with Crippen molar-refractivity contribution in [2.24, 2.45) is 0 Å². The fraction of sp³-hybridized carbons (Fsp3) is 0.167. The first-order valence-corrected chi connectivity index (χ1v) is 4.99. The summed E-state index contributed by atoms with van der Waals surface area (Å²) in [6, 6.07) is 7.05. The zero-order valence-corrected chi connectivity index (χ0v) is 9.46. The molecule has 0 aliphatic rings. The van der Waals surface area contributed by atoms with Gasteiger partial charge >= 0.3 is 5.97 Å². The first kappa shape index (κ1) is 12.8. The van der Waals surface area contributed by atoms with Gasteiger partial charge in [-0.25, -0.2) is 0 Å². The van der Waals surface area contributed by atoms with E-state index in [0.29, 0.717) is 5.69 Å². The van der Waals surface area contributed by atoms with E-state index in [1.165, 1.54) is 13.1 Å². The number of aliphatic carboxylic acids is 1. The molecule has 0 aliphatic carbocycles. The molecule has 5 nitrogen and oxygen atoms in total. The average molecular weight is 234 g/mol. The first-order valence-electron chi connectivity index (χ1n) is 4.99. The first-order chi connectivity index (χ1) is 7.99. The van der Waals surface area contributed by atoms with Gasteiger partial charge in [-0.2, -0.15) is 0 Å². The molecule has 0 heterocycles. The molecule has 0 saturated carbocycles. The lowest BCUT2D eigenvalue weighted by molar-refractivity contribution is -0.141. The van der Waals surface area contributed by atoms with Crippen LogP contribution in [-0.2, 0) is 9.59 Å². The van der Waals surface area contributed by atoms with Crippen LogP contribution >= 0.6 is 0 Å². The van der Waals surface area contributed by atoms with Crippen molar-refractivity contribution in [3.05, 3.63) is 35.9 Å². The van der Waals surface area contributed by atoms with E-state index in [2.05, 4.69) is 0 Å². The van der Waals surface area contributed by atoms with Gasteiger partial charge in [-0.05, 0) is 23.8 Å². The SMILES string of the molecule is CN(CC(=O)O)C(=O)/C=C/c1cccc(N)c1. The molecule has 0 unspecified atom stereocenters. The molecule has 0 radical (unpaired) electrons. The lowest BCUT2D eigenvalue weighted by atomic mass is 10.2. The molecule has 0 saturated heterocycles. The summed E-state index contributed by atoms with van der Waals surface area (Å²) in [4.78, 5) is 23.0. The quantitative estimate of drug-likeness (QED) is 0.597. The molecule has 3 N–H and O–H groups in total. The largest absolute Gasteiger partial charge is 0.480 e. The molecule has 0 aliphatic heterocycles. The van der Waals surface area contributed by atoms with Crippen LogP contribution in [0.5, 0.6) is 0 Å². The lowest BCUT2D eigenvalue weighted by Gasteiger charge is -2.11. The molecule has 0 atom stereocenters. The summed E-state index contributed by atoms with van der Waals surface area (Å²) in [5.41, 5.74) is 6.99. The van der Waals surface area contributed by atoms with Crippen LogP contribution in [0.4, 0.5) is 5.69 Å². The van der Waals surface area contributed by atoms with E-state index in [0.717, 1.165) is 10.5 Å². The van der Waals surface area contributed by atoms with Crippen molar-refractivity contribution >= 4 is 23.6 Å². The maximum absolute atomic E-state index is 11.5. The summed E-state index contributed by atoms with van der Waals surface area (Å²) in [5.74, 6) is -1.41. The summed E-state index contributed by atoms with van der Waals surface area (Å²) < 4.78 is 0. The van der Waals surface area contributed by atoms with Crippen LogP contribution in [0, 0.1) is 0 Å². The minimum atomic E-state index is -1.04. The Labute approximate surface area is 99.1 Å². The Morgan fingerprint density at radius 2 is 2.18 bits per heavy atom. The van der Waals surface area contributed by atoms with Crippen LogP contribution in [0.15, 0.2) is 30.3 Å². The van der Waals surface area contributed by atoms with Gasteiger partial charge in [0.25, 0.3) is 0 Å². The Hall–Kier alpha value is -2.30. The Kier molecular flexibility index (Phi) is 4.28. The van der Waals surface area contributed by atoms with Crippen molar-refractivity contribution in [1.82, 2.24) is 4.90 Å². The standard InChI is InChI=1S/C12H14N2O3/c1-14(8-12(16)17)11(15)6-5-9-3-2-4-10(13)7-9/h2-7H,8,13H2,1H3,(H,16,17)/b6-5+. The number of carbonyl (C=O) groups excluding carboxylic acids is 1. The van der Waals surface area contributed by atoms with Gasteiger partial charge in [-0.1, -0.05) is 12.1 Å². The van der Waals surface area contributed by atoms with Gasteiger partial charge in [0.2, 0.25) is 5.91 Å². The number of likely N-dealkylation sites (N-methyl/N-ethyl adjacent to an activating group) is 1. The second-order valence-corrected chi connectivity index (χ2v) is 3.59. The fourth-order valence-corrected chi connectivity index (χ4v) is 1.24. The van der Waals surface area contributed by atoms with E-state index in [1.807, 2.05) is 0 Å². The number of hydrogen-bond acceptors (Lipinski definition) is 3. The molecular formula is C12H14N2O3. The van der Waals surface area contributed by atoms with Gasteiger partial charge in [-0.3, -0.25) is 9.59 Å². The Morgan fingerprint density at radius 1 is 1.47 bits per heavy atom. The van der Waals surface area contributed by atoms with Gasteiger partial charge in [-0.15, -0.1) is 0 Å². The fourth-order valence-electron chi connectivity index (χ4n) is 1.24. The summed E-state index contributed by atoms with van der Waals surface area (Å²) in [6.07, 6.45) is 2.91. The third-order valence-electron chi connectivity index (χ3n) is 2.08. The maximum atomic E-state index is 11.5. The number of carboxylic acid groups (broad SMARTS) is 1. The predicted octanol–water partition coefficient (Wildman–Crippen LogP) is 0.825. The number of nitrogens with two attached hydrogens (primary N) is 1. The predicted molar refractivity (Wildman–Crippen MR) is 65.2 cm³/mol. The van der Waals surface area contributed by atoms with Crippen molar-refractivity contribution in [1.29, 1.82) is 0 Å². The molecule has 1 aromatic carbocycles.